The third kappa shape index (κ3) is 3.70. The van der Waals surface area contributed by atoms with Crippen molar-refractivity contribution in [3.05, 3.63) is 21.3 Å². The van der Waals surface area contributed by atoms with Gasteiger partial charge in [-0.05, 0) is 43.9 Å². The summed E-state index contributed by atoms with van der Waals surface area (Å²) in [5, 5.41) is 3.66. The molecule has 1 saturated carbocycles. The molecule has 3 atom stereocenters. The maximum Gasteiger partial charge on any atom is 0.0931 e. The minimum Gasteiger partial charge on any atom is -0.309 e. The highest BCUT2D eigenvalue weighted by atomic mass is 35.5. The van der Waals surface area contributed by atoms with E-state index in [-0.39, 0.29) is 0 Å². The van der Waals surface area contributed by atoms with Gasteiger partial charge in [0.15, 0.2) is 0 Å². The van der Waals surface area contributed by atoms with Crippen LogP contribution in [0.1, 0.15) is 50.4 Å². The van der Waals surface area contributed by atoms with E-state index in [9.17, 15) is 0 Å². The number of thiophene rings is 1. The molecule has 2 rings (SSSR count). The first-order chi connectivity index (χ1) is 8.16. The van der Waals surface area contributed by atoms with Gasteiger partial charge in [-0.2, -0.15) is 0 Å². The topological polar surface area (TPSA) is 12.0 Å². The molecule has 1 aromatic heterocycles. The predicted molar refractivity (Wildman–Crippen MR) is 76.9 cm³/mol. The van der Waals surface area contributed by atoms with Crippen LogP contribution in [0.3, 0.4) is 0 Å². The summed E-state index contributed by atoms with van der Waals surface area (Å²) in [7, 11) is 0. The molecule has 96 valence electrons. The van der Waals surface area contributed by atoms with Crippen molar-refractivity contribution in [3.63, 3.8) is 0 Å². The van der Waals surface area contributed by atoms with Gasteiger partial charge in [-0.15, -0.1) is 11.3 Å². The second-order valence-electron chi connectivity index (χ2n) is 5.29. The van der Waals surface area contributed by atoms with Gasteiger partial charge in [-0.1, -0.05) is 37.8 Å². The van der Waals surface area contributed by atoms with Crippen LogP contribution in [-0.4, -0.2) is 6.54 Å². The number of hydrogen-bond acceptors (Lipinski definition) is 2. The standard InChI is InChI=1S/C14H22ClNS/c1-10-5-3-4-6-12(10)9-16-11(2)13-7-8-14(15)17-13/h7-8,10-12,16H,3-6,9H2,1-2H3. The SMILES string of the molecule is CC(NCC1CCCCC1C)c1ccc(Cl)s1. The van der Waals surface area contributed by atoms with E-state index >= 15 is 0 Å². The molecular weight excluding hydrogens is 250 g/mol. The highest BCUT2D eigenvalue weighted by Crippen LogP contribution is 2.30. The highest BCUT2D eigenvalue weighted by Gasteiger charge is 2.21. The Morgan fingerprint density at radius 1 is 1.41 bits per heavy atom. The van der Waals surface area contributed by atoms with Gasteiger partial charge in [0.25, 0.3) is 0 Å². The third-order valence-corrected chi connectivity index (χ3v) is 5.41. The lowest BCUT2D eigenvalue weighted by Gasteiger charge is -2.30. The Hall–Kier alpha value is -0.0500. The Balaban J connectivity index is 1.81. The third-order valence-electron chi connectivity index (χ3n) is 4.00. The zero-order valence-corrected chi connectivity index (χ0v) is 12.3. The minimum atomic E-state index is 0.432. The van der Waals surface area contributed by atoms with Crippen molar-refractivity contribution in [2.75, 3.05) is 6.54 Å². The first kappa shape index (κ1) is 13.4. The molecule has 0 bridgehead atoms. The van der Waals surface area contributed by atoms with Crippen molar-refractivity contribution in [1.29, 1.82) is 0 Å². The largest absolute Gasteiger partial charge is 0.309 e. The van der Waals surface area contributed by atoms with E-state index in [1.54, 1.807) is 11.3 Å². The Morgan fingerprint density at radius 3 is 2.82 bits per heavy atom. The van der Waals surface area contributed by atoms with Crippen LogP contribution < -0.4 is 5.32 Å². The summed E-state index contributed by atoms with van der Waals surface area (Å²) in [4.78, 5) is 1.35. The zero-order chi connectivity index (χ0) is 12.3. The van der Waals surface area contributed by atoms with Gasteiger partial charge >= 0.3 is 0 Å². The molecule has 17 heavy (non-hydrogen) atoms. The van der Waals surface area contributed by atoms with Gasteiger partial charge in [0.05, 0.1) is 4.34 Å². The summed E-state index contributed by atoms with van der Waals surface area (Å²) in [6.07, 6.45) is 5.64. The second kappa shape index (κ2) is 6.21. The summed E-state index contributed by atoms with van der Waals surface area (Å²) < 4.78 is 0.889. The molecule has 1 aliphatic rings. The van der Waals surface area contributed by atoms with Crippen molar-refractivity contribution in [2.24, 2.45) is 11.8 Å². The Kier molecular flexibility index (Phi) is 4.89. The fraction of sp³-hybridized carbons (Fsp3) is 0.714. The van der Waals surface area contributed by atoms with Crippen LogP contribution in [0.2, 0.25) is 4.34 Å². The average Bonchev–Trinajstić information content (AvgIpc) is 2.74. The van der Waals surface area contributed by atoms with Crippen LogP contribution in [0.5, 0.6) is 0 Å². The molecule has 1 aromatic rings. The molecular formula is C14H22ClNS. The molecule has 0 saturated heterocycles. The molecule has 1 fully saturated rings. The van der Waals surface area contributed by atoms with Gasteiger partial charge < -0.3 is 5.32 Å². The minimum absolute atomic E-state index is 0.432. The van der Waals surface area contributed by atoms with Gasteiger partial charge in [0.1, 0.15) is 0 Å². The van der Waals surface area contributed by atoms with Crippen molar-refractivity contribution in [1.82, 2.24) is 5.32 Å². The molecule has 0 amide bonds. The van der Waals surface area contributed by atoms with Crippen LogP contribution in [0.25, 0.3) is 0 Å². The fourth-order valence-corrected chi connectivity index (χ4v) is 3.77. The molecule has 0 aliphatic heterocycles. The summed E-state index contributed by atoms with van der Waals surface area (Å²) in [5.74, 6) is 1.75. The van der Waals surface area contributed by atoms with Crippen LogP contribution in [0.4, 0.5) is 0 Å². The second-order valence-corrected chi connectivity index (χ2v) is 7.04. The maximum absolute atomic E-state index is 5.97. The van der Waals surface area contributed by atoms with E-state index in [1.807, 2.05) is 6.07 Å². The lowest BCUT2D eigenvalue weighted by atomic mass is 9.80. The van der Waals surface area contributed by atoms with Crippen LogP contribution in [0, 0.1) is 11.8 Å². The molecule has 0 radical (unpaired) electrons. The summed E-state index contributed by atoms with van der Waals surface area (Å²) in [6, 6.07) is 4.56. The average molecular weight is 272 g/mol. The predicted octanol–water partition coefficient (Wildman–Crippen LogP) is 4.88. The first-order valence-corrected chi connectivity index (χ1v) is 7.85. The molecule has 0 spiro atoms. The van der Waals surface area contributed by atoms with E-state index in [1.165, 1.54) is 30.6 Å². The van der Waals surface area contributed by atoms with Crippen molar-refractivity contribution in [2.45, 2.75) is 45.6 Å². The molecule has 1 nitrogen and oxygen atoms in total. The molecule has 1 N–H and O–H groups in total. The van der Waals surface area contributed by atoms with E-state index in [0.29, 0.717) is 6.04 Å². The van der Waals surface area contributed by atoms with Crippen LogP contribution in [-0.2, 0) is 0 Å². The zero-order valence-electron chi connectivity index (χ0n) is 10.7. The monoisotopic (exact) mass is 271 g/mol. The first-order valence-electron chi connectivity index (χ1n) is 6.65. The number of rotatable bonds is 4. The maximum atomic E-state index is 5.97. The number of halogens is 1. The van der Waals surface area contributed by atoms with Crippen molar-refractivity contribution in [3.8, 4) is 0 Å². The van der Waals surface area contributed by atoms with E-state index in [2.05, 4.69) is 25.2 Å². The Labute approximate surface area is 114 Å². The Bertz CT molecular complexity index is 350. The van der Waals surface area contributed by atoms with Gasteiger partial charge in [0, 0.05) is 10.9 Å². The normalized spacial score (nSPS) is 27.0. The van der Waals surface area contributed by atoms with E-state index in [4.69, 9.17) is 11.6 Å². The summed E-state index contributed by atoms with van der Waals surface area (Å²) in [5.41, 5.74) is 0. The lowest BCUT2D eigenvalue weighted by Crippen LogP contribution is -2.30. The van der Waals surface area contributed by atoms with Crippen molar-refractivity contribution < 1.29 is 0 Å². The summed E-state index contributed by atoms with van der Waals surface area (Å²) in [6.45, 7) is 5.78. The Morgan fingerprint density at radius 2 is 2.18 bits per heavy atom. The summed E-state index contributed by atoms with van der Waals surface area (Å²) >= 11 is 7.65. The molecule has 1 aliphatic carbocycles. The molecule has 3 heteroatoms. The van der Waals surface area contributed by atoms with Crippen LogP contribution >= 0.6 is 22.9 Å². The lowest BCUT2D eigenvalue weighted by molar-refractivity contribution is 0.243. The van der Waals surface area contributed by atoms with Crippen LogP contribution in [0.15, 0.2) is 12.1 Å². The van der Waals surface area contributed by atoms with Gasteiger partial charge in [-0.25, -0.2) is 0 Å². The highest BCUT2D eigenvalue weighted by molar-refractivity contribution is 7.16. The van der Waals surface area contributed by atoms with Gasteiger partial charge in [0.2, 0.25) is 0 Å². The van der Waals surface area contributed by atoms with E-state index in [0.717, 1.165) is 22.7 Å². The molecule has 3 unspecified atom stereocenters. The number of nitrogens with one attached hydrogen (secondary N) is 1. The molecule has 1 heterocycles. The van der Waals surface area contributed by atoms with Crippen molar-refractivity contribution >= 4 is 22.9 Å². The van der Waals surface area contributed by atoms with Gasteiger partial charge in [-0.3, -0.25) is 0 Å². The molecule has 0 aromatic carbocycles. The van der Waals surface area contributed by atoms with E-state index < -0.39 is 0 Å². The smallest absolute Gasteiger partial charge is 0.0931 e. The quantitative estimate of drug-likeness (QED) is 0.823. The number of hydrogen-bond donors (Lipinski definition) is 1. The fourth-order valence-electron chi connectivity index (χ4n) is 2.69.